The normalized spacial score (nSPS) is 11.5. The highest BCUT2D eigenvalue weighted by Gasteiger charge is 2.17. The Morgan fingerprint density at radius 2 is 1.91 bits per heavy atom. The number of carbonyl (C=O) groups is 1. The molecule has 0 unspecified atom stereocenters. The number of pyridine rings is 2. The van der Waals surface area contributed by atoms with Gasteiger partial charge >= 0.3 is 0 Å². The minimum Gasteiger partial charge on any atom is -0.345 e. The van der Waals surface area contributed by atoms with Crippen molar-refractivity contribution in [3.8, 4) is 11.1 Å². The van der Waals surface area contributed by atoms with E-state index in [1.54, 1.807) is 36.8 Å². The van der Waals surface area contributed by atoms with Gasteiger partial charge in [-0.2, -0.15) is 0 Å². The van der Waals surface area contributed by atoms with Crippen LogP contribution < -0.4 is 5.32 Å². The molecular formula is C24H21FN6O. The summed E-state index contributed by atoms with van der Waals surface area (Å²) in [5.41, 5.74) is 3.79. The van der Waals surface area contributed by atoms with Crippen LogP contribution in [0.1, 0.15) is 36.1 Å². The Balaban J connectivity index is 1.54. The number of rotatable bonds is 4. The minimum atomic E-state index is -0.358. The molecule has 0 aliphatic heterocycles. The first-order valence-corrected chi connectivity index (χ1v) is 10.3. The number of fused-ring (bicyclic) bond motifs is 2. The Kier molecular flexibility index (Phi) is 4.70. The molecule has 4 heterocycles. The highest BCUT2D eigenvalue weighted by atomic mass is 19.1. The SMILES string of the molecule is Cc1nc2c(F)cc(-c3c[nH]c4nc(NC(=O)c5ccncc5)ccc34)cc2n1C(C)C. The van der Waals surface area contributed by atoms with Crippen molar-refractivity contribution in [1.82, 2.24) is 24.5 Å². The molecule has 0 aliphatic carbocycles. The van der Waals surface area contributed by atoms with Crippen molar-refractivity contribution >= 4 is 33.8 Å². The van der Waals surface area contributed by atoms with Crippen LogP contribution in [0, 0.1) is 12.7 Å². The number of aryl methyl sites for hydroxylation is 1. The molecule has 0 atom stereocenters. The molecular weight excluding hydrogens is 407 g/mol. The smallest absolute Gasteiger partial charge is 0.256 e. The number of aromatic nitrogens is 5. The van der Waals surface area contributed by atoms with Gasteiger partial charge in [0.2, 0.25) is 0 Å². The zero-order valence-electron chi connectivity index (χ0n) is 17.8. The molecule has 32 heavy (non-hydrogen) atoms. The van der Waals surface area contributed by atoms with Gasteiger partial charge in [0.15, 0.2) is 5.82 Å². The van der Waals surface area contributed by atoms with Crippen molar-refractivity contribution in [2.75, 3.05) is 5.32 Å². The summed E-state index contributed by atoms with van der Waals surface area (Å²) in [7, 11) is 0. The minimum absolute atomic E-state index is 0.158. The standard InChI is InChI=1S/C24H21FN6O/c1-13(2)31-14(3)28-22-19(25)10-16(11-20(22)31)18-12-27-23-17(18)4-5-21(29-23)30-24(32)15-6-8-26-9-7-15/h4-13H,1-3H3,(H2,27,29,30,32). The number of hydrogen-bond donors (Lipinski definition) is 2. The van der Waals surface area contributed by atoms with Crippen LogP contribution in [0.3, 0.4) is 0 Å². The third-order valence-electron chi connectivity index (χ3n) is 5.48. The number of halogens is 1. The van der Waals surface area contributed by atoms with Crippen LogP contribution >= 0.6 is 0 Å². The summed E-state index contributed by atoms with van der Waals surface area (Å²) >= 11 is 0. The highest BCUT2D eigenvalue weighted by Crippen LogP contribution is 2.33. The van der Waals surface area contributed by atoms with Crippen LogP contribution in [0.5, 0.6) is 0 Å². The van der Waals surface area contributed by atoms with Crippen LogP contribution in [0.2, 0.25) is 0 Å². The van der Waals surface area contributed by atoms with Gasteiger partial charge in [-0.3, -0.25) is 9.78 Å². The molecule has 2 N–H and O–H groups in total. The molecule has 0 fully saturated rings. The molecule has 0 spiro atoms. The monoisotopic (exact) mass is 428 g/mol. The summed E-state index contributed by atoms with van der Waals surface area (Å²) in [5, 5.41) is 3.62. The zero-order chi connectivity index (χ0) is 22.4. The molecule has 8 heteroatoms. The number of amides is 1. The summed E-state index contributed by atoms with van der Waals surface area (Å²) in [6, 6.07) is 10.5. The first-order chi connectivity index (χ1) is 15.4. The van der Waals surface area contributed by atoms with Crippen molar-refractivity contribution in [3.63, 3.8) is 0 Å². The van der Waals surface area contributed by atoms with E-state index in [2.05, 4.69) is 39.1 Å². The van der Waals surface area contributed by atoms with E-state index in [1.807, 2.05) is 23.6 Å². The maximum atomic E-state index is 14.9. The van der Waals surface area contributed by atoms with Gasteiger partial charge in [0, 0.05) is 41.1 Å². The lowest BCUT2D eigenvalue weighted by Gasteiger charge is -2.11. The van der Waals surface area contributed by atoms with Crippen LogP contribution in [0.15, 0.2) is 55.0 Å². The second-order valence-corrected chi connectivity index (χ2v) is 7.93. The molecule has 0 saturated heterocycles. The number of anilines is 1. The Labute approximate surface area is 183 Å². The third-order valence-corrected chi connectivity index (χ3v) is 5.48. The summed E-state index contributed by atoms with van der Waals surface area (Å²) in [5.74, 6) is 0.573. The zero-order valence-corrected chi connectivity index (χ0v) is 17.8. The van der Waals surface area contributed by atoms with Crippen molar-refractivity contribution in [2.45, 2.75) is 26.8 Å². The Morgan fingerprint density at radius 1 is 1.12 bits per heavy atom. The maximum Gasteiger partial charge on any atom is 0.256 e. The van der Waals surface area contributed by atoms with Gasteiger partial charge in [-0.05, 0) is 62.7 Å². The predicted molar refractivity (Wildman–Crippen MR) is 122 cm³/mol. The van der Waals surface area contributed by atoms with Crippen LogP contribution in [-0.2, 0) is 0 Å². The summed E-state index contributed by atoms with van der Waals surface area (Å²) in [4.78, 5) is 28.4. The average Bonchev–Trinajstić information content (AvgIpc) is 3.34. The van der Waals surface area contributed by atoms with Gasteiger partial charge in [0.1, 0.15) is 22.8 Å². The number of benzene rings is 1. The van der Waals surface area contributed by atoms with Gasteiger partial charge in [-0.25, -0.2) is 14.4 Å². The van der Waals surface area contributed by atoms with Gasteiger partial charge in [-0.15, -0.1) is 0 Å². The van der Waals surface area contributed by atoms with Gasteiger partial charge in [0.05, 0.1) is 5.52 Å². The lowest BCUT2D eigenvalue weighted by molar-refractivity contribution is 0.102. The molecule has 0 aliphatic rings. The maximum absolute atomic E-state index is 14.9. The van der Waals surface area contributed by atoms with Gasteiger partial charge < -0.3 is 14.9 Å². The number of hydrogen-bond acceptors (Lipinski definition) is 4. The molecule has 5 rings (SSSR count). The molecule has 0 bridgehead atoms. The topological polar surface area (TPSA) is 88.5 Å². The van der Waals surface area contributed by atoms with Crippen molar-refractivity contribution in [2.24, 2.45) is 0 Å². The Hall–Kier alpha value is -4.07. The fraction of sp³-hybridized carbons (Fsp3) is 0.167. The number of aromatic amines is 1. The molecule has 1 aromatic carbocycles. The average molecular weight is 428 g/mol. The summed E-state index contributed by atoms with van der Waals surface area (Å²) < 4.78 is 16.9. The number of carbonyl (C=O) groups excluding carboxylic acids is 1. The van der Waals surface area contributed by atoms with E-state index in [-0.39, 0.29) is 17.8 Å². The van der Waals surface area contributed by atoms with E-state index in [9.17, 15) is 9.18 Å². The van der Waals surface area contributed by atoms with Gasteiger partial charge in [-0.1, -0.05) is 0 Å². The molecule has 160 valence electrons. The quantitative estimate of drug-likeness (QED) is 0.409. The first kappa shape index (κ1) is 19.9. The largest absolute Gasteiger partial charge is 0.345 e. The first-order valence-electron chi connectivity index (χ1n) is 10.3. The highest BCUT2D eigenvalue weighted by molar-refractivity contribution is 6.04. The van der Waals surface area contributed by atoms with E-state index in [1.165, 1.54) is 6.07 Å². The molecule has 4 aromatic heterocycles. The van der Waals surface area contributed by atoms with Gasteiger partial charge in [0.25, 0.3) is 5.91 Å². The Morgan fingerprint density at radius 3 is 2.66 bits per heavy atom. The number of nitrogens with one attached hydrogen (secondary N) is 2. The summed E-state index contributed by atoms with van der Waals surface area (Å²) in [6.45, 7) is 5.99. The second kappa shape index (κ2) is 7.56. The molecule has 1 amide bonds. The lowest BCUT2D eigenvalue weighted by atomic mass is 10.0. The van der Waals surface area contributed by atoms with E-state index >= 15 is 0 Å². The van der Waals surface area contributed by atoms with Crippen molar-refractivity contribution < 1.29 is 9.18 Å². The lowest BCUT2D eigenvalue weighted by Crippen LogP contribution is -2.12. The molecule has 7 nitrogen and oxygen atoms in total. The van der Waals surface area contributed by atoms with Crippen LogP contribution in [-0.4, -0.2) is 30.4 Å². The molecule has 0 saturated carbocycles. The van der Waals surface area contributed by atoms with E-state index in [0.717, 1.165) is 27.9 Å². The van der Waals surface area contributed by atoms with Crippen LogP contribution in [0.25, 0.3) is 33.2 Å². The van der Waals surface area contributed by atoms with E-state index in [4.69, 9.17) is 0 Å². The van der Waals surface area contributed by atoms with E-state index in [0.29, 0.717) is 22.5 Å². The predicted octanol–water partition coefficient (Wildman–Crippen LogP) is 5.26. The van der Waals surface area contributed by atoms with Crippen LogP contribution in [0.4, 0.5) is 10.2 Å². The Bertz CT molecular complexity index is 1470. The fourth-order valence-electron chi connectivity index (χ4n) is 4.08. The molecule has 5 aromatic rings. The molecule has 0 radical (unpaired) electrons. The van der Waals surface area contributed by atoms with Crippen molar-refractivity contribution in [1.29, 1.82) is 0 Å². The third kappa shape index (κ3) is 3.30. The van der Waals surface area contributed by atoms with Crippen molar-refractivity contribution in [3.05, 3.63) is 72.2 Å². The van der Waals surface area contributed by atoms with E-state index < -0.39 is 0 Å². The fourth-order valence-corrected chi connectivity index (χ4v) is 4.08. The number of H-pyrrole nitrogens is 1. The number of nitrogens with zero attached hydrogens (tertiary/aromatic N) is 4. The summed E-state index contributed by atoms with van der Waals surface area (Å²) in [6.07, 6.45) is 4.92. The second-order valence-electron chi connectivity index (χ2n) is 7.93. The number of imidazole rings is 1.